The summed E-state index contributed by atoms with van der Waals surface area (Å²) < 4.78 is 10.6. The van der Waals surface area contributed by atoms with Gasteiger partial charge in [0.05, 0.1) is 16.8 Å². The van der Waals surface area contributed by atoms with E-state index in [-0.39, 0.29) is 12.2 Å². The highest BCUT2D eigenvalue weighted by atomic mass is 32.2. The Morgan fingerprint density at radius 2 is 1.45 bits per heavy atom. The van der Waals surface area contributed by atoms with E-state index in [2.05, 4.69) is 0 Å². The highest BCUT2D eigenvalue weighted by molar-refractivity contribution is 8.20. The monoisotopic (exact) mass is 318 g/mol. The third kappa shape index (κ3) is 6.22. The average molecular weight is 318 g/mol. The number of thioether (sulfide) groups is 2. The summed E-state index contributed by atoms with van der Waals surface area (Å²) >= 11 is 3.62. The van der Waals surface area contributed by atoms with Crippen molar-refractivity contribution in [2.75, 3.05) is 11.5 Å². The van der Waals surface area contributed by atoms with Crippen LogP contribution in [0.4, 0.5) is 0 Å². The minimum Gasteiger partial charge on any atom is -0.462 e. The molecule has 6 heteroatoms. The number of hydrogen-bond acceptors (Lipinski definition) is 6. The van der Waals surface area contributed by atoms with Crippen molar-refractivity contribution < 1.29 is 19.1 Å². The van der Waals surface area contributed by atoms with Gasteiger partial charge in [-0.25, -0.2) is 0 Å². The van der Waals surface area contributed by atoms with Crippen LogP contribution in [0.2, 0.25) is 0 Å². The Hall–Kier alpha value is -0.620. The van der Waals surface area contributed by atoms with E-state index < -0.39 is 17.9 Å². The summed E-state index contributed by atoms with van der Waals surface area (Å²) in [5.74, 6) is 0.125. The number of ether oxygens (including phenoxy) is 2. The minimum absolute atomic E-state index is 0.250. The second-order valence-corrected chi connectivity index (χ2v) is 7.74. The van der Waals surface area contributed by atoms with Crippen molar-refractivity contribution in [3.05, 3.63) is 12.2 Å². The molecule has 0 atom stereocenters. The van der Waals surface area contributed by atoms with Crippen LogP contribution in [0.3, 0.4) is 0 Å². The van der Waals surface area contributed by atoms with Gasteiger partial charge in [-0.2, -0.15) is 0 Å². The van der Waals surface area contributed by atoms with Gasteiger partial charge in [-0.3, -0.25) is 9.59 Å². The highest BCUT2D eigenvalue weighted by Gasteiger charge is 2.29. The van der Waals surface area contributed by atoms with Crippen LogP contribution >= 0.6 is 23.5 Å². The van der Waals surface area contributed by atoms with Crippen LogP contribution in [0, 0.1) is 5.92 Å². The van der Waals surface area contributed by atoms with Gasteiger partial charge in [-0.15, -0.1) is 23.5 Å². The third-order valence-corrected chi connectivity index (χ3v) is 5.25. The smallest absolute Gasteiger partial charge is 0.324 e. The van der Waals surface area contributed by atoms with Crippen LogP contribution < -0.4 is 0 Å². The Morgan fingerprint density at radius 3 is 1.85 bits per heavy atom. The second kappa shape index (κ2) is 8.62. The van der Waals surface area contributed by atoms with Crippen LogP contribution in [0.25, 0.3) is 0 Å². The lowest BCUT2D eigenvalue weighted by Crippen LogP contribution is -2.30. The lowest BCUT2D eigenvalue weighted by molar-refractivity contribution is -0.163. The molecular formula is C14H22O4S2. The van der Waals surface area contributed by atoms with Crippen LogP contribution in [0.5, 0.6) is 0 Å². The zero-order valence-corrected chi connectivity index (χ0v) is 14.0. The molecule has 20 heavy (non-hydrogen) atoms. The molecule has 0 aromatic carbocycles. The molecule has 1 aliphatic rings. The van der Waals surface area contributed by atoms with Crippen LogP contribution in [-0.2, 0) is 19.1 Å². The summed E-state index contributed by atoms with van der Waals surface area (Å²) in [6.07, 6.45) is 3.02. The molecule has 4 nitrogen and oxygen atoms in total. The maximum atomic E-state index is 12.0. The van der Waals surface area contributed by atoms with Gasteiger partial charge in [-0.1, -0.05) is 12.2 Å². The van der Waals surface area contributed by atoms with Crippen molar-refractivity contribution in [1.82, 2.24) is 0 Å². The van der Waals surface area contributed by atoms with Crippen molar-refractivity contribution in [2.24, 2.45) is 5.92 Å². The molecule has 1 saturated heterocycles. The summed E-state index contributed by atoms with van der Waals surface area (Å²) in [4.78, 5) is 24.0. The summed E-state index contributed by atoms with van der Waals surface area (Å²) in [6.45, 7) is 7.04. The summed E-state index contributed by atoms with van der Waals surface area (Å²) in [5, 5.41) is 0. The third-order valence-electron chi connectivity index (χ3n) is 2.32. The molecule has 1 aliphatic heterocycles. The Morgan fingerprint density at radius 1 is 1.00 bits per heavy atom. The van der Waals surface area contributed by atoms with Crippen LogP contribution in [0.15, 0.2) is 12.2 Å². The summed E-state index contributed by atoms with van der Waals surface area (Å²) in [5.41, 5.74) is 0. The fourth-order valence-corrected chi connectivity index (χ4v) is 4.15. The lowest BCUT2D eigenvalue weighted by Gasteiger charge is -2.16. The first-order chi connectivity index (χ1) is 9.40. The molecule has 0 bridgehead atoms. The van der Waals surface area contributed by atoms with Gasteiger partial charge in [0, 0.05) is 11.5 Å². The molecule has 0 amide bonds. The van der Waals surface area contributed by atoms with E-state index in [1.807, 2.05) is 29.6 Å². The van der Waals surface area contributed by atoms with Gasteiger partial charge in [0.25, 0.3) is 0 Å². The zero-order chi connectivity index (χ0) is 15.1. The number of carbonyl (C=O) groups excluding carboxylic acids is 2. The average Bonchev–Trinajstić information content (AvgIpc) is 2.80. The molecule has 1 heterocycles. The van der Waals surface area contributed by atoms with Gasteiger partial charge < -0.3 is 9.47 Å². The Labute approximate surface area is 129 Å². The summed E-state index contributed by atoms with van der Waals surface area (Å²) in [7, 11) is 0. The van der Waals surface area contributed by atoms with E-state index in [1.165, 1.54) is 0 Å². The molecule has 0 radical (unpaired) electrons. The van der Waals surface area contributed by atoms with Crippen molar-refractivity contribution in [1.29, 1.82) is 0 Å². The minimum atomic E-state index is -0.971. The predicted molar refractivity (Wildman–Crippen MR) is 83.8 cm³/mol. The predicted octanol–water partition coefficient (Wildman–Crippen LogP) is 2.87. The van der Waals surface area contributed by atoms with Crippen LogP contribution in [0.1, 0.15) is 27.7 Å². The van der Waals surface area contributed by atoms with Crippen molar-refractivity contribution in [3.8, 4) is 0 Å². The largest absolute Gasteiger partial charge is 0.462 e. The molecule has 0 aromatic heterocycles. The molecule has 0 spiro atoms. The quantitative estimate of drug-likeness (QED) is 0.426. The Balaban J connectivity index is 2.71. The number of carbonyl (C=O) groups is 2. The fourth-order valence-electron chi connectivity index (χ4n) is 1.55. The normalized spacial score (nSPS) is 16.6. The molecule has 0 saturated carbocycles. The topological polar surface area (TPSA) is 52.6 Å². The maximum absolute atomic E-state index is 12.0. The fraction of sp³-hybridized carbons (Fsp3) is 0.714. The summed E-state index contributed by atoms with van der Waals surface area (Å²) in [6, 6.07) is 0. The standard InChI is InChI=1S/C14H22O4S2/c1-9(2)17-13(15)11(14(16)18-10(3)4)5-6-12-19-7-8-20-12/h5-6,9-12H,7-8H2,1-4H3. The number of rotatable bonds is 6. The lowest BCUT2D eigenvalue weighted by atomic mass is 10.1. The van der Waals surface area contributed by atoms with Gasteiger partial charge in [0.15, 0.2) is 5.92 Å². The van der Waals surface area contributed by atoms with Crippen molar-refractivity contribution >= 4 is 35.5 Å². The van der Waals surface area contributed by atoms with E-state index in [1.54, 1.807) is 33.8 Å². The first-order valence-electron chi connectivity index (χ1n) is 6.72. The van der Waals surface area contributed by atoms with Gasteiger partial charge in [-0.05, 0) is 27.7 Å². The zero-order valence-electron chi connectivity index (χ0n) is 12.3. The molecule has 0 aromatic rings. The highest BCUT2D eigenvalue weighted by Crippen LogP contribution is 2.33. The molecule has 114 valence electrons. The molecule has 1 fully saturated rings. The Bertz CT molecular complexity index is 338. The van der Waals surface area contributed by atoms with Crippen molar-refractivity contribution in [2.45, 2.75) is 44.5 Å². The SMILES string of the molecule is CC(C)OC(=O)C(C=CC1SCCS1)C(=O)OC(C)C. The second-order valence-electron chi connectivity index (χ2n) is 4.94. The Kier molecular flexibility index (Phi) is 7.51. The molecule has 0 unspecified atom stereocenters. The van der Waals surface area contributed by atoms with E-state index in [4.69, 9.17) is 9.47 Å². The molecular weight excluding hydrogens is 296 g/mol. The number of esters is 2. The van der Waals surface area contributed by atoms with Gasteiger partial charge in [0.2, 0.25) is 0 Å². The van der Waals surface area contributed by atoms with E-state index in [0.29, 0.717) is 4.58 Å². The first kappa shape index (κ1) is 17.4. The van der Waals surface area contributed by atoms with Gasteiger partial charge in [0.1, 0.15) is 0 Å². The first-order valence-corrected chi connectivity index (χ1v) is 8.82. The van der Waals surface area contributed by atoms with Gasteiger partial charge >= 0.3 is 11.9 Å². The van der Waals surface area contributed by atoms with E-state index in [0.717, 1.165) is 11.5 Å². The molecule has 0 aliphatic carbocycles. The van der Waals surface area contributed by atoms with Crippen LogP contribution in [-0.4, -0.2) is 40.2 Å². The number of hydrogen-bond donors (Lipinski definition) is 0. The maximum Gasteiger partial charge on any atom is 0.324 e. The molecule has 0 N–H and O–H groups in total. The molecule has 1 rings (SSSR count). The van der Waals surface area contributed by atoms with E-state index in [9.17, 15) is 9.59 Å². The van der Waals surface area contributed by atoms with Crippen molar-refractivity contribution in [3.63, 3.8) is 0 Å². The van der Waals surface area contributed by atoms with E-state index >= 15 is 0 Å².